The number of carbonyl (C=O) groups is 1. The van der Waals surface area contributed by atoms with Crippen LogP contribution in [0.15, 0.2) is 45.8 Å². The number of hydrogen-bond donors (Lipinski definition) is 1. The van der Waals surface area contributed by atoms with Crippen LogP contribution in [0, 0.1) is 6.92 Å². The lowest BCUT2D eigenvalue weighted by Gasteiger charge is -2.02. The Morgan fingerprint density at radius 3 is 2.75 bits per heavy atom. The van der Waals surface area contributed by atoms with Crippen LogP contribution in [-0.4, -0.2) is 31.6 Å². The topological polar surface area (TPSA) is 85.8 Å². The number of carbonyl (C=O) groups excluding carboxylic acids is 1. The number of thioether (sulfide) groups is 1. The SMILES string of the molecule is Cc1ccc(SCCC(=O)Nc2nnc(-c3ccn(C)n3)o2)cc1. The average Bonchev–Trinajstić information content (AvgIpc) is 3.18. The summed E-state index contributed by atoms with van der Waals surface area (Å²) in [4.78, 5) is 13.1. The molecule has 0 radical (unpaired) electrons. The molecular formula is C16H17N5O2S. The van der Waals surface area contributed by atoms with E-state index >= 15 is 0 Å². The van der Waals surface area contributed by atoms with Crippen molar-refractivity contribution in [2.75, 3.05) is 11.1 Å². The third-order valence-corrected chi connectivity index (χ3v) is 4.24. The van der Waals surface area contributed by atoms with Gasteiger partial charge in [0.05, 0.1) is 0 Å². The van der Waals surface area contributed by atoms with Crippen molar-refractivity contribution in [3.05, 3.63) is 42.1 Å². The van der Waals surface area contributed by atoms with Gasteiger partial charge in [0.1, 0.15) is 5.69 Å². The highest BCUT2D eigenvalue weighted by molar-refractivity contribution is 7.99. The molecule has 0 aliphatic rings. The van der Waals surface area contributed by atoms with Gasteiger partial charge in [-0.25, -0.2) is 0 Å². The van der Waals surface area contributed by atoms with Crippen LogP contribution in [-0.2, 0) is 11.8 Å². The summed E-state index contributed by atoms with van der Waals surface area (Å²) in [6, 6.07) is 10.1. The zero-order valence-electron chi connectivity index (χ0n) is 13.4. The second-order valence-corrected chi connectivity index (χ2v) is 6.42. The Labute approximate surface area is 143 Å². The largest absolute Gasteiger partial charge is 0.401 e. The Balaban J connectivity index is 1.48. The Kier molecular flexibility index (Phi) is 4.95. The molecule has 1 N–H and O–H groups in total. The molecule has 124 valence electrons. The van der Waals surface area contributed by atoms with E-state index in [4.69, 9.17) is 4.42 Å². The van der Waals surface area contributed by atoms with E-state index in [0.29, 0.717) is 17.9 Å². The highest BCUT2D eigenvalue weighted by atomic mass is 32.2. The van der Waals surface area contributed by atoms with E-state index in [1.807, 2.05) is 6.92 Å². The van der Waals surface area contributed by atoms with Crippen LogP contribution in [0.25, 0.3) is 11.6 Å². The lowest BCUT2D eigenvalue weighted by molar-refractivity contribution is -0.115. The molecule has 24 heavy (non-hydrogen) atoms. The number of amides is 1. The van der Waals surface area contributed by atoms with Gasteiger partial charge in [0.15, 0.2) is 0 Å². The Morgan fingerprint density at radius 2 is 2.04 bits per heavy atom. The van der Waals surface area contributed by atoms with Crippen molar-refractivity contribution >= 4 is 23.7 Å². The first-order valence-electron chi connectivity index (χ1n) is 7.43. The van der Waals surface area contributed by atoms with E-state index in [1.54, 1.807) is 35.8 Å². The zero-order valence-corrected chi connectivity index (χ0v) is 14.2. The first-order chi connectivity index (χ1) is 11.6. The van der Waals surface area contributed by atoms with Crippen LogP contribution in [0.5, 0.6) is 0 Å². The lowest BCUT2D eigenvalue weighted by Crippen LogP contribution is -2.12. The van der Waals surface area contributed by atoms with Gasteiger partial charge < -0.3 is 4.42 Å². The molecule has 0 bridgehead atoms. The monoisotopic (exact) mass is 343 g/mol. The Bertz CT molecular complexity index is 825. The fourth-order valence-electron chi connectivity index (χ4n) is 1.98. The molecule has 0 aliphatic carbocycles. The van der Waals surface area contributed by atoms with Crippen molar-refractivity contribution in [2.24, 2.45) is 7.05 Å². The summed E-state index contributed by atoms with van der Waals surface area (Å²) in [7, 11) is 1.80. The lowest BCUT2D eigenvalue weighted by atomic mass is 10.2. The third kappa shape index (κ3) is 4.23. The van der Waals surface area contributed by atoms with Gasteiger partial charge in [-0.1, -0.05) is 22.8 Å². The van der Waals surface area contributed by atoms with Gasteiger partial charge in [0.25, 0.3) is 5.89 Å². The van der Waals surface area contributed by atoms with Crippen LogP contribution in [0.2, 0.25) is 0 Å². The second-order valence-electron chi connectivity index (χ2n) is 5.25. The molecule has 3 aromatic rings. The predicted molar refractivity (Wildman–Crippen MR) is 91.6 cm³/mol. The van der Waals surface area contributed by atoms with Gasteiger partial charge in [-0.2, -0.15) is 5.10 Å². The summed E-state index contributed by atoms with van der Waals surface area (Å²) in [6.07, 6.45) is 2.14. The highest BCUT2D eigenvalue weighted by Gasteiger charge is 2.13. The number of nitrogens with zero attached hydrogens (tertiary/aromatic N) is 4. The fraction of sp³-hybridized carbons (Fsp3) is 0.250. The molecule has 1 aromatic carbocycles. The maximum atomic E-state index is 11.9. The first kappa shape index (κ1) is 16.3. The number of hydrogen-bond acceptors (Lipinski definition) is 6. The van der Waals surface area contributed by atoms with Crippen LogP contribution >= 0.6 is 11.8 Å². The molecule has 0 atom stereocenters. The molecule has 0 aliphatic heterocycles. The average molecular weight is 343 g/mol. The number of aromatic nitrogens is 4. The van der Waals surface area contributed by atoms with Crippen molar-refractivity contribution < 1.29 is 9.21 Å². The molecular weight excluding hydrogens is 326 g/mol. The van der Waals surface area contributed by atoms with Gasteiger partial charge in [-0.05, 0) is 25.1 Å². The molecule has 2 heterocycles. The van der Waals surface area contributed by atoms with Gasteiger partial charge >= 0.3 is 6.01 Å². The van der Waals surface area contributed by atoms with Crippen molar-refractivity contribution in [1.82, 2.24) is 20.0 Å². The molecule has 0 fully saturated rings. The number of benzene rings is 1. The molecule has 0 unspecified atom stereocenters. The maximum absolute atomic E-state index is 11.9. The predicted octanol–water partition coefficient (Wildman–Crippen LogP) is 2.90. The van der Waals surface area contributed by atoms with Crippen molar-refractivity contribution in [3.63, 3.8) is 0 Å². The van der Waals surface area contributed by atoms with Gasteiger partial charge in [-0.3, -0.25) is 14.8 Å². The smallest absolute Gasteiger partial charge is 0.322 e. The minimum absolute atomic E-state index is 0.0842. The maximum Gasteiger partial charge on any atom is 0.322 e. The molecule has 8 heteroatoms. The van der Waals surface area contributed by atoms with Crippen molar-refractivity contribution in [1.29, 1.82) is 0 Å². The van der Waals surface area contributed by atoms with Crippen LogP contribution in [0.4, 0.5) is 6.01 Å². The number of rotatable bonds is 6. The Hall–Kier alpha value is -2.61. The van der Waals surface area contributed by atoms with Crippen LogP contribution in [0.3, 0.4) is 0 Å². The van der Waals surface area contributed by atoms with E-state index in [9.17, 15) is 4.79 Å². The van der Waals surface area contributed by atoms with Crippen molar-refractivity contribution in [3.8, 4) is 11.6 Å². The minimum atomic E-state index is -0.161. The zero-order chi connectivity index (χ0) is 16.9. The van der Waals surface area contributed by atoms with E-state index in [-0.39, 0.29) is 17.8 Å². The summed E-state index contributed by atoms with van der Waals surface area (Å²) in [5.41, 5.74) is 1.79. The number of aryl methyl sites for hydroxylation is 2. The summed E-state index contributed by atoms with van der Waals surface area (Å²) < 4.78 is 7.03. The standard InChI is InChI=1S/C16H17N5O2S/c1-11-3-5-12(6-4-11)24-10-8-14(22)17-16-19-18-15(23-16)13-7-9-21(2)20-13/h3-7,9H,8,10H2,1-2H3,(H,17,19,22). The van der Waals surface area contributed by atoms with Gasteiger partial charge in [-0.15, -0.1) is 16.9 Å². The molecule has 7 nitrogen and oxygen atoms in total. The van der Waals surface area contributed by atoms with Crippen LogP contribution < -0.4 is 5.32 Å². The van der Waals surface area contributed by atoms with Gasteiger partial charge in [0, 0.05) is 30.3 Å². The normalized spacial score (nSPS) is 10.8. The van der Waals surface area contributed by atoms with E-state index in [1.165, 1.54) is 5.56 Å². The summed E-state index contributed by atoms with van der Waals surface area (Å²) in [5, 5.41) is 14.5. The fourth-order valence-corrected chi connectivity index (χ4v) is 2.84. The van der Waals surface area contributed by atoms with E-state index < -0.39 is 0 Å². The molecule has 2 aromatic heterocycles. The molecule has 3 rings (SSSR count). The minimum Gasteiger partial charge on any atom is -0.401 e. The summed E-state index contributed by atoms with van der Waals surface area (Å²) in [5.74, 6) is 0.793. The molecule has 0 saturated carbocycles. The van der Waals surface area contributed by atoms with Crippen LogP contribution in [0.1, 0.15) is 12.0 Å². The van der Waals surface area contributed by atoms with Gasteiger partial charge in [0.2, 0.25) is 5.91 Å². The second kappa shape index (κ2) is 7.31. The highest BCUT2D eigenvalue weighted by Crippen LogP contribution is 2.20. The number of nitrogens with one attached hydrogen (secondary N) is 1. The Morgan fingerprint density at radius 1 is 1.25 bits per heavy atom. The third-order valence-electron chi connectivity index (χ3n) is 3.22. The summed E-state index contributed by atoms with van der Waals surface area (Å²) in [6.45, 7) is 2.05. The molecule has 0 spiro atoms. The quantitative estimate of drug-likeness (QED) is 0.693. The van der Waals surface area contributed by atoms with E-state index in [2.05, 4.69) is 44.9 Å². The summed E-state index contributed by atoms with van der Waals surface area (Å²) >= 11 is 1.63. The van der Waals surface area contributed by atoms with Crippen molar-refractivity contribution in [2.45, 2.75) is 18.2 Å². The van der Waals surface area contributed by atoms with E-state index in [0.717, 1.165) is 4.90 Å². The first-order valence-corrected chi connectivity index (χ1v) is 8.41. The molecule has 0 saturated heterocycles. The number of anilines is 1. The molecule has 1 amide bonds.